The molecule has 0 N–H and O–H groups in total. The molecule has 0 unspecified atom stereocenters. The van der Waals surface area contributed by atoms with Crippen LogP contribution in [0, 0.1) is 11.3 Å². The highest BCUT2D eigenvalue weighted by Crippen LogP contribution is 2.40. The monoisotopic (exact) mass is 370 g/mol. The van der Waals surface area contributed by atoms with E-state index in [1.165, 1.54) is 11.1 Å². The van der Waals surface area contributed by atoms with E-state index in [4.69, 9.17) is 0 Å². The van der Waals surface area contributed by atoms with Gasteiger partial charge in [0.2, 0.25) is 11.8 Å². The second kappa shape index (κ2) is 8.04. The van der Waals surface area contributed by atoms with Gasteiger partial charge in [0.05, 0.1) is 5.41 Å². The summed E-state index contributed by atoms with van der Waals surface area (Å²) in [6.07, 6.45) is 3.34. The molecule has 2 aliphatic rings. The van der Waals surface area contributed by atoms with Crippen LogP contribution in [0.5, 0.6) is 0 Å². The van der Waals surface area contributed by atoms with Crippen molar-refractivity contribution in [2.24, 2.45) is 11.3 Å². The van der Waals surface area contributed by atoms with Gasteiger partial charge in [-0.3, -0.25) is 9.59 Å². The van der Waals surface area contributed by atoms with Crippen LogP contribution in [-0.4, -0.2) is 41.2 Å². The number of hydrogen-bond acceptors (Lipinski definition) is 2. The Labute approximate surface area is 163 Å². The van der Waals surface area contributed by atoms with Crippen LogP contribution in [0.25, 0.3) is 0 Å². The maximum Gasteiger partial charge on any atom is 0.230 e. The Morgan fingerprint density at radius 1 is 1.07 bits per heavy atom. The van der Waals surface area contributed by atoms with Crippen molar-refractivity contribution in [3.05, 3.63) is 35.4 Å². The van der Waals surface area contributed by atoms with E-state index in [0.717, 1.165) is 32.4 Å². The van der Waals surface area contributed by atoms with E-state index in [1.807, 2.05) is 9.80 Å². The first-order chi connectivity index (χ1) is 12.8. The van der Waals surface area contributed by atoms with Crippen molar-refractivity contribution < 1.29 is 9.59 Å². The molecule has 0 aliphatic carbocycles. The van der Waals surface area contributed by atoms with E-state index in [9.17, 15) is 9.59 Å². The van der Waals surface area contributed by atoms with Gasteiger partial charge in [-0.05, 0) is 42.2 Å². The summed E-state index contributed by atoms with van der Waals surface area (Å²) in [6.45, 7) is 11.4. The minimum Gasteiger partial charge on any atom is -0.342 e. The standard InChI is InChI=1S/C23H34N2O2/c1-17(2)14-21(26)25-13-11-23(16-25)10-5-12-24(22(23)27)15-19-6-8-20(9-7-19)18(3)4/h6-9,17-18H,5,10-16H2,1-4H3/t23-/m1/s1. The molecule has 1 aromatic rings. The topological polar surface area (TPSA) is 40.6 Å². The molecule has 1 atom stereocenters. The lowest BCUT2D eigenvalue weighted by atomic mass is 9.78. The van der Waals surface area contributed by atoms with Gasteiger partial charge in [-0.2, -0.15) is 0 Å². The van der Waals surface area contributed by atoms with Gasteiger partial charge >= 0.3 is 0 Å². The van der Waals surface area contributed by atoms with Crippen molar-refractivity contribution in [2.75, 3.05) is 19.6 Å². The van der Waals surface area contributed by atoms with Crippen LogP contribution in [0.4, 0.5) is 0 Å². The van der Waals surface area contributed by atoms with Crippen LogP contribution in [0.3, 0.4) is 0 Å². The predicted molar refractivity (Wildman–Crippen MR) is 108 cm³/mol. The first-order valence-corrected chi connectivity index (χ1v) is 10.5. The molecule has 1 spiro atoms. The highest BCUT2D eigenvalue weighted by atomic mass is 16.2. The number of hydrogen-bond donors (Lipinski definition) is 0. The highest BCUT2D eigenvalue weighted by Gasteiger charge is 2.49. The lowest BCUT2D eigenvalue weighted by Crippen LogP contribution is -2.50. The average Bonchev–Trinajstić information content (AvgIpc) is 3.04. The van der Waals surface area contributed by atoms with Crippen LogP contribution >= 0.6 is 0 Å². The molecule has 0 saturated carbocycles. The maximum absolute atomic E-state index is 13.3. The quantitative estimate of drug-likeness (QED) is 0.779. The minimum absolute atomic E-state index is 0.205. The summed E-state index contributed by atoms with van der Waals surface area (Å²) >= 11 is 0. The lowest BCUT2D eigenvalue weighted by Gasteiger charge is -2.39. The van der Waals surface area contributed by atoms with Crippen molar-refractivity contribution in [3.63, 3.8) is 0 Å². The van der Waals surface area contributed by atoms with E-state index < -0.39 is 0 Å². The van der Waals surface area contributed by atoms with Gasteiger partial charge < -0.3 is 9.80 Å². The summed E-state index contributed by atoms with van der Waals surface area (Å²) in [6, 6.07) is 8.65. The average molecular weight is 371 g/mol. The van der Waals surface area contributed by atoms with Crippen molar-refractivity contribution in [1.82, 2.24) is 9.80 Å². The zero-order chi connectivity index (χ0) is 19.6. The number of nitrogens with zero attached hydrogens (tertiary/aromatic N) is 2. The van der Waals surface area contributed by atoms with E-state index in [1.54, 1.807) is 0 Å². The Bertz CT molecular complexity index is 680. The zero-order valence-electron chi connectivity index (χ0n) is 17.3. The van der Waals surface area contributed by atoms with Crippen molar-refractivity contribution in [1.29, 1.82) is 0 Å². The Morgan fingerprint density at radius 2 is 1.78 bits per heavy atom. The smallest absolute Gasteiger partial charge is 0.230 e. The summed E-state index contributed by atoms with van der Waals surface area (Å²) < 4.78 is 0. The van der Waals surface area contributed by atoms with Gasteiger partial charge in [-0.15, -0.1) is 0 Å². The van der Waals surface area contributed by atoms with Gasteiger partial charge in [0, 0.05) is 32.6 Å². The maximum atomic E-state index is 13.3. The highest BCUT2D eigenvalue weighted by molar-refractivity contribution is 5.86. The first-order valence-electron chi connectivity index (χ1n) is 10.5. The summed E-state index contributed by atoms with van der Waals surface area (Å²) in [5.41, 5.74) is 2.17. The van der Waals surface area contributed by atoms with Crippen LogP contribution in [0.1, 0.15) is 70.4 Å². The van der Waals surface area contributed by atoms with Gasteiger partial charge in [0.1, 0.15) is 0 Å². The molecule has 0 aromatic heterocycles. The van der Waals surface area contributed by atoms with E-state index >= 15 is 0 Å². The molecule has 2 fully saturated rings. The van der Waals surface area contributed by atoms with Crippen LogP contribution in [0.2, 0.25) is 0 Å². The fourth-order valence-electron chi connectivity index (χ4n) is 4.47. The molecular weight excluding hydrogens is 336 g/mol. The van der Waals surface area contributed by atoms with Crippen LogP contribution < -0.4 is 0 Å². The molecule has 4 nitrogen and oxygen atoms in total. The molecule has 2 saturated heterocycles. The summed E-state index contributed by atoms with van der Waals surface area (Å²) in [7, 11) is 0. The van der Waals surface area contributed by atoms with Gasteiger partial charge in [-0.1, -0.05) is 52.0 Å². The fourth-order valence-corrected chi connectivity index (χ4v) is 4.47. The molecule has 1 aromatic carbocycles. The third kappa shape index (κ3) is 4.36. The third-order valence-electron chi connectivity index (χ3n) is 6.13. The molecule has 2 aliphatic heterocycles. The summed E-state index contributed by atoms with van der Waals surface area (Å²) in [4.78, 5) is 29.7. The Balaban J connectivity index is 1.66. The fraction of sp³-hybridized carbons (Fsp3) is 0.652. The predicted octanol–water partition coefficient (Wildman–Crippen LogP) is 4.20. The molecule has 27 heavy (non-hydrogen) atoms. The molecule has 2 heterocycles. The number of likely N-dealkylation sites (tertiary alicyclic amines) is 2. The van der Waals surface area contributed by atoms with Gasteiger partial charge in [0.15, 0.2) is 0 Å². The van der Waals surface area contributed by atoms with Gasteiger partial charge in [0.25, 0.3) is 0 Å². The Hall–Kier alpha value is -1.84. The Morgan fingerprint density at radius 3 is 2.41 bits per heavy atom. The normalized spacial score (nSPS) is 23.1. The van der Waals surface area contributed by atoms with E-state index in [0.29, 0.717) is 31.3 Å². The Kier molecular flexibility index (Phi) is 5.92. The summed E-state index contributed by atoms with van der Waals surface area (Å²) in [5.74, 6) is 1.34. The van der Waals surface area contributed by atoms with Crippen LogP contribution in [0.15, 0.2) is 24.3 Å². The van der Waals surface area contributed by atoms with Crippen LogP contribution in [-0.2, 0) is 16.1 Å². The van der Waals surface area contributed by atoms with Crippen molar-refractivity contribution in [2.45, 2.75) is 65.8 Å². The van der Waals surface area contributed by atoms with Crippen molar-refractivity contribution >= 4 is 11.8 Å². The zero-order valence-corrected chi connectivity index (χ0v) is 17.3. The second-order valence-corrected chi connectivity index (χ2v) is 9.17. The SMILES string of the molecule is CC(C)CC(=O)N1CC[C@]2(CCCN(Cc3ccc(C(C)C)cc3)C2=O)C1. The van der Waals surface area contributed by atoms with Crippen molar-refractivity contribution in [3.8, 4) is 0 Å². The van der Waals surface area contributed by atoms with E-state index in [2.05, 4.69) is 52.0 Å². The molecule has 148 valence electrons. The number of carbonyl (C=O) groups is 2. The number of rotatable bonds is 5. The molecule has 4 heteroatoms. The first kappa shape index (κ1) is 19.9. The molecule has 2 amide bonds. The molecular formula is C23H34N2O2. The van der Waals surface area contributed by atoms with E-state index in [-0.39, 0.29) is 17.2 Å². The molecule has 0 radical (unpaired) electrons. The minimum atomic E-state index is -0.344. The molecule has 3 rings (SSSR count). The number of carbonyl (C=O) groups excluding carboxylic acids is 2. The second-order valence-electron chi connectivity index (χ2n) is 9.17. The third-order valence-corrected chi connectivity index (χ3v) is 6.13. The number of piperidine rings is 1. The molecule has 0 bridgehead atoms. The lowest BCUT2D eigenvalue weighted by molar-refractivity contribution is -0.146. The summed E-state index contributed by atoms with van der Waals surface area (Å²) in [5, 5.41) is 0. The number of amides is 2. The number of benzene rings is 1. The largest absolute Gasteiger partial charge is 0.342 e. The van der Waals surface area contributed by atoms with Gasteiger partial charge in [-0.25, -0.2) is 0 Å².